The van der Waals surface area contributed by atoms with Gasteiger partial charge in [-0.2, -0.15) is 0 Å². The highest BCUT2D eigenvalue weighted by Gasteiger charge is 2.11. The Labute approximate surface area is 106 Å². The molecule has 0 fully saturated rings. The molecule has 1 atom stereocenters. The van der Waals surface area contributed by atoms with Crippen LogP contribution in [0.3, 0.4) is 0 Å². The van der Waals surface area contributed by atoms with Crippen molar-refractivity contribution >= 4 is 11.5 Å². The van der Waals surface area contributed by atoms with Crippen molar-refractivity contribution < 1.29 is 9.21 Å². The minimum atomic E-state index is -0.0121. The average molecular weight is 244 g/mol. The molecule has 1 aromatic carbocycles. The van der Waals surface area contributed by atoms with Crippen LogP contribution in [0, 0.1) is 6.92 Å². The normalized spacial score (nSPS) is 12.2. The van der Waals surface area contributed by atoms with E-state index in [2.05, 4.69) is 10.3 Å². The van der Waals surface area contributed by atoms with E-state index < -0.39 is 0 Å². The SMILES string of the molecule is CC(=O)c1ccc(NC(C)c2ncc(C)o2)cc1. The zero-order valence-electron chi connectivity index (χ0n) is 10.7. The lowest BCUT2D eigenvalue weighted by atomic mass is 10.1. The van der Waals surface area contributed by atoms with Gasteiger partial charge in [-0.3, -0.25) is 4.79 Å². The van der Waals surface area contributed by atoms with Crippen LogP contribution in [0.1, 0.15) is 41.9 Å². The monoisotopic (exact) mass is 244 g/mol. The van der Waals surface area contributed by atoms with Crippen LogP contribution in [0.5, 0.6) is 0 Å². The minimum Gasteiger partial charge on any atom is -0.444 e. The van der Waals surface area contributed by atoms with Crippen molar-refractivity contribution in [1.29, 1.82) is 0 Å². The molecule has 0 aliphatic carbocycles. The first-order valence-corrected chi connectivity index (χ1v) is 5.86. The van der Waals surface area contributed by atoms with E-state index in [1.807, 2.05) is 26.0 Å². The predicted molar refractivity (Wildman–Crippen MR) is 69.7 cm³/mol. The zero-order valence-corrected chi connectivity index (χ0v) is 10.7. The molecule has 0 aliphatic heterocycles. The first kappa shape index (κ1) is 12.4. The third-order valence-corrected chi connectivity index (χ3v) is 2.68. The van der Waals surface area contributed by atoms with Gasteiger partial charge in [0.05, 0.1) is 6.20 Å². The number of rotatable bonds is 4. The number of nitrogens with zero attached hydrogens (tertiary/aromatic N) is 1. The number of ketones is 1. The molecule has 2 rings (SSSR count). The van der Waals surface area contributed by atoms with Gasteiger partial charge in [-0.15, -0.1) is 0 Å². The fourth-order valence-electron chi connectivity index (χ4n) is 1.69. The molecule has 1 unspecified atom stereocenters. The second-order valence-corrected chi connectivity index (χ2v) is 4.31. The molecule has 0 saturated heterocycles. The molecule has 0 aliphatic rings. The third-order valence-electron chi connectivity index (χ3n) is 2.68. The van der Waals surface area contributed by atoms with Crippen molar-refractivity contribution in [1.82, 2.24) is 4.98 Å². The summed E-state index contributed by atoms with van der Waals surface area (Å²) in [6.07, 6.45) is 1.70. The number of Topliss-reactive ketones (excluding diaryl/α,β-unsaturated/α-hetero) is 1. The third kappa shape index (κ3) is 2.77. The van der Waals surface area contributed by atoms with Crippen molar-refractivity contribution in [3.8, 4) is 0 Å². The maximum Gasteiger partial charge on any atom is 0.216 e. The Bertz CT molecular complexity index is 543. The fraction of sp³-hybridized carbons (Fsp3) is 0.286. The van der Waals surface area contributed by atoms with Crippen LogP contribution in [-0.4, -0.2) is 10.8 Å². The van der Waals surface area contributed by atoms with Gasteiger partial charge in [0.25, 0.3) is 0 Å². The van der Waals surface area contributed by atoms with Crippen molar-refractivity contribution in [3.63, 3.8) is 0 Å². The van der Waals surface area contributed by atoms with Crippen molar-refractivity contribution in [2.75, 3.05) is 5.32 Å². The van der Waals surface area contributed by atoms with Crippen molar-refractivity contribution in [2.24, 2.45) is 0 Å². The first-order chi connectivity index (χ1) is 8.56. The number of aryl methyl sites for hydroxylation is 1. The Kier molecular flexibility index (Phi) is 3.46. The van der Waals surface area contributed by atoms with Crippen LogP contribution in [-0.2, 0) is 0 Å². The van der Waals surface area contributed by atoms with E-state index >= 15 is 0 Å². The number of carbonyl (C=O) groups excluding carboxylic acids is 1. The molecular weight excluding hydrogens is 228 g/mol. The maximum atomic E-state index is 11.2. The Morgan fingerprint density at radius 2 is 2.00 bits per heavy atom. The van der Waals surface area contributed by atoms with Crippen LogP contribution in [0.25, 0.3) is 0 Å². The number of oxazole rings is 1. The summed E-state index contributed by atoms with van der Waals surface area (Å²) < 4.78 is 5.45. The van der Waals surface area contributed by atoms with Crippen LogP contribution >= 0.6 is 0 Å². The molecule has 1 aromatic heterocycles. The quantitative estimate of drug-likeness (QED) is 0.838. The summed E-state index contributed by atoms with van der Waals surface area (Å²) in [4.78, 5) is 15.3. The lowest BCUT2D eigenvalue weighted by molar-refractivity contribution is 0.101. The summed E-state index contributed by atoms with van der Waals surface area (Å²) in [5.74, 6) is 1.52. The number of nitrogens with one attached hydrogen (secondary N) is 1. The topological polar surface area (TPSA) is 55.1 Å². The van der Waals surface area contributed by atoms with E-state index in [1.54, 1.807) is 25.3 Å². The van der Waals surface area contributed by atoms with Gasteiger partial charge in [0.15, 0.2) is 5.78 Å². The fourth-order valence-corrected chi connectivity index (χ4v) is 1.69. The largest absolute Gasteiger partial charge is 0.444 e. The summed E-state index contributed by atoms with van der Waals surface area (Å²) >= 11 is 0. The molecular formula is C14H16N2O2. The van der Waals surface area contributed by atoms with Gasteiger partial charge < -0.3 is 9.73 Å². The van der Waals surface area contributed by atoms with Crippen LogP contribution in [0.4, 0.5) is 5.69 Å². The van der Waals surface area contributed by atoms with E-state index in [-0.39, 0.29) is 11.8 Å². The van der Waals surface area contributed by atoms with E-state index in [9.17, 15) is 4.79 Å². The highest BCUT2D eigenvalue weighted by molar-refractivity contribution is 5.94. The lowest BCUT2D eigenvalue weighted by Gasteiger charge is -2.12. The second-order valence-electron chi connectivity index (χ2n) is 4.31. The Morgan fingerprint density at radius 3 is 2.50 bits per heavy atom. The van der Waals surface area contributed by atoms with Gasteiger partial charge in [0, 0.05) is 11.3 Å². The lowest BCUT2D eigenvalue weighted by Crippen LogP contribution is -2.07. The van der Waals surface area contributed by atoms with Crippen LogP contribution in [0.15, 0.2) is 34.9 Å². The first-order valence-electron chi connectivity index (χ1n) is 5.86. The number of aromatic nitrogens is 1. The van der Waals surface area contributed by atoms with Gasteiger partial charge >= 0.3 is 0 Å². The standard InChI is InChI=1S/C14H16N2O2/c1-9-8-15-14(18-9)10(2)16-13-6-4-12(5-7-13)11(3)17/h4-8,10,16H,1-3H3. The second kappa shape index (κ2) is 5.04. The Balaban J connectivity index is 2.07. The number of anilines is 1. The molecule has 0 radical (unpaired) electrons. The smallest absolute Gasteiger partial charge is 0.216 e. The predicted octanol–water partition coefficient (Wildman–Crippen LogP) is 3.36. The molecule has 4 heteroatoms. The summed E-state index contributed by atoms with van der Waals surface area (Å²) in [7, 11) is 0. The van der Waals surface area contributed by atoms with Crippen molar-refractivity contribution in [2.45, 2.75) is 26.8 Å². The van der Waals surface area contributed by atoms with Gasteiger partial charge in [-0.05, 0) is 45.0 Å². The summed E-state index contributed by atoms with van der Waals surface area (Å²) in [6, 6.07) is 7.35. The molecule has 4 nitrogen and oxygen atoms in total. The van der Waals surface area contributed by atoms with E-state index in [0.717, 1.165) is 11.4 Å². The van der Waals surface area contributed by atoms with Crippen LogP contribution < -0.4 is 5.32 Å². The van der Waals surface area contributed by atoms with Crippen molar-refractivity contribution in [3.05, 3.63) is 47.7 Å². The van der Waals surface area contributed by atoms with E-state index in [0.29, 0.717) is 11.5 Å². The molecule has 0 saturated carbocycles. The average Bonchev–Trinajstić information content (AvgIpc) is 2.76. The Morgan fingerprint density at radius 1 is 1.33 bits per heavy atom. The molecule has 0 spiro atoms. The number of carbonyl (C=O) groups is 1. The molecule has 2 aromatic rings. The highest BCUT2D eigenvalue weighted by atomic mass is 16.4. The molecule has 1 heterocycles. The number of hydrogen-bond donors (Lipinski definition) is 1. The summed E-state index contributed by atoms with van der Waals surface area (Å²) in [5, 5.41) is 3.27. The molecule has 0 amide bonds. The maximum absolute atomic E-state index is 11.2. The zero-order chi connectivity index (χ0) is 13.1. The molecule has 18 heavy (non-hydrogen) atoms. The van der Waals surface area contributed by atoms with Gasteiger partial charge in [-0.25, -0.2) is 4.98 Å². The van der Waals surface area contributed by atoms with Gasteiger partial charge in [0.1, 0.15) is 11.8 Å². The number of benzene rings is 1. The van der Waals surface area contributed by atoms with E-state index in [4.69, 9.17) is 4.42 Å². The van der Waals surface area contributed by atoms with Crippen LogP contribution in [0.2, 0.25) is 0 Å². The molecule has 94 valence electrons. The number of hydrogen-bond acceptors (Lipinski definition) is 4. The summed E-state index contributed by atoms with van der Waals surface area (Å²) in [5.41, 5.74) is 1.64. The molecule has 1 N–H and O–H groups in total. The summed E-state index contributed by atoms with van der Waals surface area (Å²) in [6.45, 7) is 5.40. The molecule has 0 bridgehead atoms. The van der Waals surface area contributed by atoms with Gasteiger partial charge in [-0.1, -0.05) is 0 Å². The van der Waals surface area contributed by atoms with E-state index in [1.165, 1.54) is 0 Å². The van der Waals surface area contributed by atoms with Gasteiger partial charge in [0.2, 0.25) is 5.89 Å². The Hall–Kier alpha value is -2.10. The minimum absolute atomic E-state index is 0.0121. The highest BCUT2D eigenvalue weighted by Crippen LogP contribution is 2.19.